The SMILES string of the molecule is CC1(C)O[C@@H]1[C@H](O)C[C@H](CO)[C@@H]1CC[C@]2(C)C3=CC[C@H]4C(C)(C)[C@H](O)CC[C@]4(C)[C@@H]3CC[C@@]12C. The van der Waals surface area contributed by atoms with Crippen LogP contribution in [0.15, 0.2) is 11.6 Å². The quantitative estimate of drug-likeness (QED) is 0.364. The van der Waals surface area contributed by atoms with Crippen LogP contribution < -0.4 is 0 Å². The number of ether oxygens (including phenoxy) is 1. The van der Waals surface area contributed by atoms with Gasteiger partial charge in [0.2, 0.25) is 0 Å². The standard InChI is InChI=1S/C30H50O4/c1-26(2)23-9-8-21-20(28(23,5)13-12-24(26)33)11-15-29(6)19(10-14-30(21,29)7)18(17-31)16-22(32)25-27(3,4)34-25/h8,18-20,22-25,31-33H,9-17H2,1-7H3/t18-,19+,20-,22-,23+,24-,25-,28-,29+,30-/m1/s1. The van der Waals surface area contributed by atoms with Gasteiger partial charge in [0.05, 0.1) is 17.8 Å². The first kappa shape index (κ1) is 25.2. The minimum Gasteiger partial charge on any atom is -0.396 e. The molecule has 4 heteroatoms. The fourth-order valence-corrected chi connectivity index (χ4v) is 10.1. The number of epoxide rings is 1. The van der Waals surface area contributed by atoms with Gasteiger partial charge in [0, 0.05) is 6.61 Å². The molecule has 0 unspecified atom stereocenters. The van der Waals surface area contributed by atoms with Crippen molar-refractivity contribution in [2.24, 2.45) is 45.3 Å². The van der Waals surface area contributed by atoms with Crippen molar-refractivity contribution in [2.45, 2.75) is 124 Å². The molecule has 0 radical (unpaired) electrons. The summed E-state index contributed by atoms with van der Waals surface area (Å²) < 4.78 is 5.72. The topological polar surface area (TPSA) is 73.2 Å². The summed E-state index contributed by atoms with van der Waals surface area (Å²) in [6.07, 6.45) is 10.3. The van der Waals surface area contributed by atoms with Gasteiger partial charge in [0.15, 0.2) is 0 Å². The Kier molecular flexibility index (Phi) is 5.78. The van der Waals surface area contributed by atoms with Crippen LogP contribution in [-0.4, -0.2) is 45.8 Å². The molecule has 0 aromatic carbocycles. The molecule has 0 amide bonds. The van der Waals surface area contributed by atoms with Crippen LogP contribution in [0.4, 0.5) is 0 Å². The lowest BCUT2D eigenvalue weighted by Crippen LogP contribution is -2.58. The van der Waals surface area contributed by atoms with Crippen molar-refractivity contribution in [3.05, 3.63) is 11.6 Å². The average Bonchev–Trinajstić information content (AvgIpc) is 3.31. The fraction of sp³-hybridized carbons (Fsp3) is 0.933. The highest BCUT2D eigenvalue weighted by atomic mass is 16.6. The fourth-order valence-electron chi connectivity index (χ4n) is 10.1. The lowest BCUT2D eigenvalue weighted by atomic mass is 9.41. The van der Waals surface area contributed by atoms with Gasteiger partial charge in [0.1, 0.15) is 6.10 Å². The van der Waals surface area contributed by atoms with Crippen molar-refractivity contribution >= 4 is 0 Å². The number of rotatable bonds is 5. The largest absolute Gasteiger partial charge is 0.396 e. The Morgan fingerprint density at radius 3 is 2.29 bits per heavy atom. The highest BCUT2D eigenvalue weighted by Crippen LogP contribution is 2.73. The van der Waals surface area contributed by atoms with Gasteiger partial charge in [-0.1, -0.05) is 46.3 Å². The van der Waals surface area contributed by atoms with E-state index >= 15 is 0 Å². The molecule has 5 aliphatic rings. The lowest BCUT2D eigenvalue weighted by molar-refractivity contribution is -0.132. The molecule has 3 saturated carbocycles. The predicted molar refractivity (Wildman–Crippen MR) is 135 cm³/mol. The molecule has 0 spiro atoms. The zero-order valence-corrected chi connectivity index (χ0v) is 22.7. The highest BCUT2D eigenvalue weighted by Gasteiger charge is 2.65. The van der Waals surface area contributed by atoms with Crippen LogP contribution in [0.3, 0.4) is 0 Å². The number of hydrogen-bond acceptors (Lipinski definition) is 4. The Hall–Kier alpha value is -0.420. The Bertz CT molecular complexity index is 847. The van der Waals surface area contributed by atoms with Crippen molar-refractivity contribution in [3.63, 3.8) is 0 Å². The second kappa shape index (κ2) is 7.79. The smallest absolute Gasteiger partial charge is 0.113 e. The number of allylic oxidation sites excluding steroid dienone is 2. The van der Waals surface area contributed by atoms with E-state index in [0.29, 0.717) is 24.2 Å². The summed E-state index contributed by atoms with van der Waals surface area (Å²) in [5.74, 6) is 1.68. The molecule has 4 aliphatic carbocycles. The summed E-state index contributed by atoms with van der Waals surface area (Å²) in [5.41, 5.74) is 1.99. The van der Waals surface area contributed by atoms with E-state index in [1.165, 1.54) is 19.3 Å². The first-order valence-corrected chi connectivity index (χ1v) is 14.1. The van der Waals surface area contributed by atoms with Crippen LogP contribution in [0.1, 0.15) is 99.8 Å². The van der Waals surface area contributed by atoms with Gasteiger partial charge >= 0.3 is 0 Å². The number of hydrogen-bond donors (Lipinski definition) is 3. The zero-order chi connectivity index (χ0) is 24.9. The van der Waals surface area contributed by atoms with Crippen LogP contribution in [0, 0.1) is 45.3 Å². The van der Waals surface area contributed by atoms with Crippen LogP contribution in [0.5, 0.6) is 0 Å². The summed E-state index contributed by atoms with van der Waals surface area (Å²) in [6.45, 7) is 16.4. The summed E-state index contributed by atoms with van der Waals surface area (Å²) in [5, 5.41) is 32.2. The van der Waals surface area contributed by atoms with E-state index in [-0.39, 0.29) is 52.0 Å². The molecule has 1 saturated heterocycles. The van der Waals surface area contributed by atoms with Crippen LogP contribution in [0.25, 0.3) is 0 Å². The van der Waals surface area contributed by atoms with Crippen molar-refractivity contribution < 1.29 is 20.1 Å². The van der Waals surface area contributed by atoms with Gasteiger partial charge in [0.25, 0.3) is 0 Å². The van der Waals surface area contributed by atoms with E-state index in [4.69, 9.17) is 4.74 Å². The third-order valence-electron chi connectivity index (χ3n) is 12.6. The van der Waals surface area contributed by atoms with E-state index in [9.17, 15) is 15.3 Å². The highest BCUT2D eigenvalue weighted by molar-refractivity contribution is 5.33. The molecule has 0 aromatic rings. The van der Waals surface area contributed by atoms with Crippen LogP contribution >= 0.6 is 0 Å². The normalized spacial score (nSPS) is 50.4. The molecule has 34 heavy (non-hydrogen) atoms. The summed E-state index contributed by atoms with van der Waals surface area (Å²) in [4.78, 5) is 0. The van der Waals surface area contributed by atoms with Crippen LogP contribution in [-0.2, 0) is 4.74 Å². The van der Waals surface area contributed by atoms with E-state index in [1.807, 2.05) is 13.8 Å². The molecule has 10 atom stereocenters. The van der Waals surface area contributed by atoms with Gasteiger partial charge in [-0.2, -0.15) is 0 Å². The first-order chi connectivity index (χ1) is 15.7. The number of aliphatic hydroxyl groups is 3. The van der Waals surface area contributed by atoms with E-state index in [0.717, 1.165) is 25.7 Å². The van der Waals surface area contributed by atoms with E-state index in [2.05, 4.69) is 40.7 Å². The Labute approximate surface area is 207 Å². The predicted octanol–water partition coefficient (Wildman–Crippen LogP) is 5.49. The zero-order valence-electron chi connectivity index (χ0n) is 22.7. The Balaban J connectivity index is 1.42. The maximum Gasteiger partial charge on any atom is 0.113 e. The summed E-state index contributed by atoms with van der Waals surface area (Å²) in [7, 11) is 0. The molecule has 194 valence electrons. The van der Waals surface area contributed by atoms with Crippen molar-refractivity contribution in [3.8, 4) is 0 Å². The maximum absolute atomic E-state index is 10.9. The first-order valence-electron chi connectivity index (χ1n) is 14.1. The molecule has 0 bridgehead atoms. The maximum atomic E-state index is 10.9. The molecule has 3 N–H and O–H groups in total. The van der Waals surface area contributed by atoms with Crippen LogP contribution in [0.2, 0.25) is 0 Å². The van der Waals surface area contributed by atoms with Gasteiger partial charge in [-0.15, -0.1) is 0 Å². The molecule has 4 fully saturated rings. The Morgan fingerprint density at radius 1 is 1.00 bits per heavy atom. The Morgan fingerprint density at radius 2 is 1.68 bits per heavy atom. The lowest BCUT2D eigenvalue weighted by Gasteiger charge is -2.64. The van der Waals surface area contributed by atoms with Crippen molar-refractivity contribution in [1.29, 1.82) is 0 Å². The van der Waals surface area contributed by atoms with E-state index in [1.54, 1.807) is 5.57 Å². The van der Waals surface area contributed by atoms with Gasteiger partial charge in [-0.05, 0) is 111 Å². The summed E-state index contributed by atoms with van der Waals surface area (Å²) in [6, 6.07) is 0. The minimum atomic E-state index is -0.497. The van der Waals surface area contributed by atoms with E-state index < -0.39 is 6.10 Å². The molecule has 4 nitrogen and oxygen atoms in total. The molecule has 1 aliphatic heterocycles. The van der Waals surface area contributed by atoms with Crippen molar-refractivity contribution in [1.82, 2.24) is 0 Å². The third-order valence-corrected chi connectivity index (χ3v) is 12.6. The molecule has 5 rings (SSSR count). The molecule has 0 aromatic heterocycles. The third kappa shape index (κ3) is 3.30. The minimum absolute atomic E-state index is 0.0360. The second-order valence-corrected chi connectivity index (χ2v) is 14.7. The van der Waals surface area contributed by atoms with Gasteiger partial charge in [-0.25, -0.2) is 0 Å². The van der Waals surface area contributed by atoms with Gasteiger partial charge < -0.3 is 20.1 Å². The monoisotopic (exact) mass is 474 g/mol. The molecular formula is C30H50O4. The number of fused-ring (bicyclic) bond motifs is 5. The second-order valence-electron chi connectivity index (χ2n) is 14.7. The molecular weight excluding hydrogens is 424 g/mol. The number of aliphatic hydroxyl groups excluding tert-OH is 3. The molecule has 1 heterocycles. The van der Waals surface area contributed by atoms with Crippen molar-refractivity contribution in [2.75, 3.05) is 6.61 Å². The van der Waals surface area contributed by atoms with Gasteiger partial charge in [-0.3, -0.25) is 0 Å². The summed E-state index contributed by atoms with van der Waals surface area (Å²) >= 11 is 0. The average molecular weight is 475 g/mol.